The summed E-state index contributed by atoms with van der Waals surface area (Å²) in [6.45, 7) is 0. The zero-order valence-electron chi connectivity index (χ0n) is 32.8. The first-order valence-electron chi connectivity index (χ1n) is 20.4. The number of hydrogen-bond donors (Lipinski definition) is 0. The minimum Gasteiger partial charge on any atom is -0.309 e. The van der Waals surface area contributed by atoms with Crippen molar-refractivity contribution in [3.63, 3.8) is 0 Å². The summed E-state index contributed by atoms with van der Waals surface area (Å²) in [5.74, 6) is 2.09. The molecule has 0 saturated carbocycles. The molecule has 12 aromatic rings. The highest BCUT2D eigenvalue weighted by Crippen LogP contribution is 2.41. The molecule has 0 aliphatic carbocycles. The van der Waals surface area contributed by atoms with Gasteiger partial charge in [-0.2, -0.15) is 0 Å². The Kier molecular flexibility index (Phi) is 8.03. The monoisotopic (exact) mass is 781 g/mol. The van der Waals surface area contributed by atoms with E-state index in [0.29, 0.717) is 5.95 Å². The maximum Gasteiger partial charge on any atom is 0.235 e. The third-order valence-electron chi connectivity index (χ3n) is 11.6. The zero-order valence-corrected chi connectivity index (χ0v) is 32.8. The number of para-hydroxylation sites is 4. The van der Waals surface area contributed by atoms with Crippen LogP contribution in [0.1, 0.15) is 0 Å². The SMILES string of the molecule is c1ccc(-c2cc(-c3ccccc3)nc(-n3c4ccccc4c4c(-c5nnc(-c6ccc7c(c6)c6ccccc6n7-c6ccccc6)n5-c5ccccc5)cccc43)n2)cc1. The van der Waals surface area contributed by atoms with Gasteiger partial charge in [0.25, 0.3) is 0 Å². The van der Waals surface area contributed by atoms with Crippen LogP contribution in [0.3, 0.4) is 0 Å². The van der Waals surface area contributed by atoms with Gasteiger partial charge in [0.05, 0.1) is 33.5 Å². The fourth-order valence-electron chi connectivity index (χ4n) is 8.90. The van der Waals surface area contributed by atoms with Crippen molar-refractivity contribution in [3.05, 3.63) is 212 Å². The topological polar surface area (TPSA) is 66.3 Å². The number of nitrogens with zero attached hydrogens (tertiary/aromatic N) is 7. The van der Waals surface area contributed by atoms with Crippen LogP contribution in [-0.2, 0) is 0 Å². The van der Waals surface area contributed by atoms with Crippen molar-refractivity contribution < 1.29 is 0 Å². The summed E-state index contributed by atoms with van der Waals surface area (Å²) in [5.41, 5.74) is 12.0. The molecule has 0 bridgehead atoms. The summed E-state index contributed by atoms with van der Waals surface area (Å²) in [6.07, 6.45) is 0. The van der Waals surface area contributed by atoms with Gasteiger partial charge in [-0.05, 0) is 66.7 Å². The van der Waals surface area contributed by atoms with Crippen molar-refractivity contribution in [2.24, 2.45) is 0 Å². The molecule has 0 atom stereocenters. The molecule has 0 unspecified atom stereocenters. The van der Waals surface area contributed by atoms with E-state index in [0.717, 1.165) is 94.9 Å². The van der Waals surface area contributed by atoms with E-state index >= 15 is 0 Å². The summed E-state index contributed by atoms with van der Waals surface area (Å²) < 4.78 is 6.71. The van der Waals surface area contributed by atoms with Crippen LogP contribution in [0.2, 0.25) is 0 Å². The first-order chi connectivity index (χ1) is 30.3. The van der Waals surface area contributed by atoms with E-state index in [2.05, 4.69) is 184 Å². The molecule has 4 aromatic heterocycles. The predicted octanol–water partition coefficient (Wildman–Crippen LogP) is 12.9. The summed E-state index contributed by atoms with van der Waals surface area (Å²) in [7, 11) is 0. The minimum atomic E-state index is 0.594. The lowest BCUT2D eigenvalue weighted by Gasteiger charge is -2.13. The molecule has 0 aliphatic rings. The molecular formula is C54H35N7. The first kappa shape index (κ1) is 34.6. The molecule has 7 nitrogen and oxygen atoms in total. The quantitative estimate of drug-likeness (QED) is 0.161. The van der Waals surface area contributed by atoms with Gasteiger partial charge in [-0.15, -0.1) is 10.2 Å². The standard InChI is InChI=1S/C54H35N7/c1-5-18-36(19-6-1)45-35-46(37-20-7-2-8-21-37)56-54(55-45)61-48-30-16-14-27-42(48)51-43(28-17-31-50(51)61)53-58-57-52(60(53)40-24-11-4-12-25-40)38-32-33-49-44(34-38)41-26-13-15-29-47(41)59(49)39-22-9-3-10-23-39/h1-35H. The second-order valence-corrected chi connectivity index (χ2v) is 15.2. The van der Waals surface area contributed by atoms with Crippen LogP contribution < -0.4 is 0 Å². The molecule has 0 fully saturated rings. The molecule has 4 heterocycles. The molecule has 8 aromatic carbocycles. The highest BCUT2D eigenvalue weighted by molar-refractivity contribution is 6.15. The maximum atomic E-state index is 5.27. The molecule has 7 heteroatoms. The summed E-state index contributed by atoms with van der Waals surface area (Å²) >= 11 is 0. The van der Waals surface area contributed by atoms with Crippen molar-refractivity contribution in [2.75, 3.05) is 0 Å². The Balaban J connectivity index is 1.09. The summed E-state index contributed by atoms with van der Waals surface area (Å²) in [4.78, 5) is 10.5. The van der Waals surface area contributed by atoms with E-state index in [9.17, 15) is 0 Å². The van der Waals surface area contributed by atoms with Crippen LogP contribution in [-0.4, -0.2) is 33.9 Å². The number of aromatic nitrogens is 7. The zero-order chi connectivity index (χ0) is 40.3. The average Bonchev–Trinajstić information content (AvgIpc) is 4.03. The van der Waals surface area contributed by atoms with Crippen molar-refractivity contribution >= 4 is 43.6 Å². The minimum absolute atomic E-state index is 0.594. The largest absolute Gasteiger partial charge is 0.309 e. The number of fused-ring (bicyclic) bond motifs is 6. The molecule has 286 valence electrons. The van der Waals surface area contributed by atoms with E-state index < -0.39 is 0 Å². The van der Waals surface area contributed by atoms with Gasteiger partial charge >= 0.3 is 0 Å². The van der Waals surface area contributed by atoms with Gasteiger partial charge in [0.1, 0.15) is 0 Å². The van der Waals surface area contributed by atoms with Crippen molar-refractivity contribution in [3.8, 4) is 62.6 Å². The fraction of sp³-hybridized carbons (Fsp3) is 0. The second-order valence-electron chi connectivity index (χ2n) is 15.2. The van der Waals surface area contributed by atoms with Gasteiger partial charge in [0, 0.05) is 55.2 Å². The normalized spacial score (nSPS) is 11.6. The molecule has 0 saturated heterocycles. The van der Waals surface area contributed by atoms with E-state index in [4.69, 9.17) is 20.2 Å². The second kappa shape index (κ2) is 14.1. The lowest BCUT2D eigenvalue weighted by molar-refractivity contribution is 0.995. The van der Waals surface area contributed by atoms with Gasteiger partial charge in [-0.3, -0.25) is 9.13 Å². The predicted molar refractivity (Wildman–Crippen MR) is 247 cm³/mol. The fourth-order valence-corrected chi connectivity index (χ4v) is 8.90. The lowest BCUT2D eigenvalue weighted by Crippen LogP contribution is -2.04. The van der Waals surface area contributed by atoms with E-state index in [-0.39, 0.29) is 0 Å². The molecule has 61 heavy (non-hydrogen) atoms. The number of rotatable bonds is 7. The van der Waals surface area contributed by atoms with Crippen molar-refractivity contribution in [1.29, 1.82) is 0 Å². The van der Waals surface area contributed by atoms with Gasteiger partial charge in [0.15, 0.2) is 11.6 Å². The van der Waals surface area contributed by atoms with Crippen LogP contribution >= 0.6 is 0 Å². The molecule has 0 amide bonds. The molecule has 0 aliphatic heterocycles. The number of hydrogen-bond acceptors (Lipinski definition) is 4. The summed E-state index contributed by atoms with van der Waals surface area (Å²) in [6, 6.07) is 73.8. The van der Waals surface area contributed by atoms with E-state index in [1.165, 1.54) is 5.39 Å². The van der Waals surface area contributed by atoms with Gasteiger partial charge < -0.3 is 4.57 Å². The van der Waals surface area contributed by atoms with Crippen LogP contribution in [0.5, 0.6) is 0 Å². The van der Waals surface area contributed by atoms with Crippen molar-refractivity contribution in [2.45, 2.75) is 0 Å². The van der Waals surface area contributed by atoms with E-state index in [1.807, 2.05) is 42.5 Å². The smallest absolute Gasteiger partial charge is 0.235 e. The highest BCUT2D eigenvalue weighted by atomic mass is 15.3. The molecule has 0 radical (unpaired) electrons. The molecule has 12 rings (SSSR count). The van der Waals surface area contributed by atoms with E-state index in [1.54, 1.807) is 0 Å². The Hall–Kier alpha value is -8.42. The Morgan fingerprint density at radius 1 is 0.311 bits per heavy atom. The third kappa shape index (κ3) is 5.67. The van der Waals surface area contributed by atoms with Crippen LogP contribution in [0.25, 0.3) is 106 Å². The van der Waals surface area contributed by atoms with Gasteiger partial charge in [-0.25, -0.2) is 9.97 Å². The summed E-state index contributed by atoms with van der Waals surface area (Å²) in [5, 5.41) is 14.5. The van der Waals surface area contributed by atoms with Gasteiger partial charge in [0.2, 0.25) is 5.95 Å². The van der Waals surface area contributed by atoms with Crippen LogP contribution in [0, 0.1) is 0 Å². The average molecular weight is 782 g/mol. The molecule has 0 N–H and O–H groups in total. The number of benzene rings is 8. The molecular weight excluding hydrogens is 747 g/mol. The maximum absolute atomic E-state index is 5.27. The lowest BCUT2D eigenvalue weighted by atomic mass is 10.0. The van der Waals surface area contributed by atoms with Crippen LogP contribution in [0.15, 0.2) is 212 Å². The van der Waals surface area contributed by atoms with Gasteiger partial charge in [-0.1, -0.05) is 146 Å². The van der Waals surface area contributed by atoms with Crippen LogP contribution in [0.4, 0.5) is 0 Å². The highest BCUT2D eigenvalue weighted by Gasteiger charge is 2.24. The first-order valence-corrected chi connectivity index (χ1v) is 20.4. The Morgan fingerprint density at radius 3 is 1.48 bits per heavy atom. The van der Waals surface area contributed by atoms with Crippen molar-refractivity contribution in [1.82, 2.24) is 33.9 Å². The Bertz CT molecular complexity index is 3510. The third-order valence-corrected chi connectivity index (χ3v) is 11.6. The Labute approximate surface area is 351 Å². The Morgan fingerprint density at radius 2 is 0.820 bits per heavy atom. The molecule has 0 spiro atoms.